The van der Waals surface area contributed by atoms with Crippen molar-refractivity contribution in [3.63, 3.8) is 0 Å². The zero-order valence-electron chi connectivity index (χ0n) is 13.1. The molecule has 0 aliphatic rings. The molecule has 1 aromatic heterocycles. The average molecular weight is 266 g/mol. The molecule has 104 valence electrons. The van der Waals surface area contributed by atoms with Crippen molar-refractivity contribution < 1.29 is 0 Å². The fourth-order valence-corrected chi connectivity index (χ4v) is 3.57. The smallest absolute Gasteiger partial charge is 0.0134 e. The molecule has 0 bridgehead atoms. The van der Waals surface area contributed by atoms with Crippen LogP contribution in [0.5, 0.6) is 0 Å². The second kappa shape index (κ2) is 6.75. The molecule has 0 nitrogen and oxygen atoms in total. The Labute approximate surface area is 118 Å². The molecular formula is C17H30S. The Morgan fingerprint density at radius 2 is 1.78 bits per heavy atom. The van der Waals surface area contributed by atoms with E-state index in [2.05, 4.69) is 47.6 Å². The Hall–Kier alpha value is -0.300. The number of thiophene rings is 1. The molecule has 1 heterocycles. The highest BCUT2D eigenvalue weighted by atomic mass is 32.1. The molecule has 1 rings (SSSR count). The fraction of sp³-hybridized carbons (Fsp3) is 0.765. The summed E-state index contributed by atoms with van der Waals surface area (Å²) in [5.41, 5.74) is 1.92. The Bertz CT molecular complexity index is 352. The zero-order valence-corrected chi connectivity index (χ0v) is 13.9. The van der Waals surface area contributed by atoms with Gasteiger partial charge < -0.3 is 0 Å². The molecule has 0 radical (unpaired) electrons. The molecule has 0 aliphatic heterocycles. The topological polar surface area (TPSA) is 0 Å². The molecule has 0 fully saturated rings. The summed E-state index contributed by atoms with van der Waals surface area (Å²) in [6.07, 6.45) is 6.72. The van der Waals surface area contributed by atoms with Gasteiger partial charge in [0.25, 0.3) is 0 Å². The van der Waals surface area contributed by atoms with Gasteiger partial charge in [0.2, 0.25) is 0 Å². The Morgan fingerprint density at radius 1 is 1.11 bits per heavy atom. The van der Waals surface area contributed by atoms with E-state index in [0.29, 0.717) is 11.3 Å². The summed E-state index contributed by atoms with van der Waals surface area (Å²) >= 11 is 2.04. The van der Waals surface area contributed by atoms with Crippen molar-refractivity contribution >= 4 is 11.3 Å². The number of rotatable bonds is 6. The van der Waals surface area contributed by atoms with Gasteiger partial charge in [0.15, 0.2) is 0 Å². The van der Waals surface area contributed by atoms with Gasteiger partial charge in [-0.1, -0.05) is 60.8 Å². The van der Waals surface area contributed by atoms with Crippen LogP contribution in [0.25, 0.3) is 0 Å². The summed E-state index contributed by atoms with van der Waals surface area (Å²) in [5.74, 6) is 0.667. The van der Waals surface area contributed by atoms with Crippen molar-refractivity contribution in [3.8, 4) is 0 Å². The molecule has 0 N–H and O–H groups in total. The minimum absolute atomic E-state index is 0.303. The molecule has 0 aromatic carbocycles. The second-order valence-corrected chi connectivity index (χ2v) is 7.80. The normalized spacial score (nSPS) is 12.4. The van der Waals surface area contributed by atoms with Crippen molar-refractivity contribution in [1.82, 2.24) is 0 Å². The van der Waals surface area contributed by atoms with E-state index in [-0.39, 0.29) is 0 Å². The SMILES string of the molecule is CCCCCCc1cc(C(C)C)sc1C(C)(C)C. The van der Waals surface area contributed by atoms with Crippen LogP contribution < -0.4 is 0 Å². The van der Waals surface area contributed by atoms with Crippen LogP contribution in [-0.2, 0) is 11.8 Å². The highest BCUT2D eigenvalue weighted by molar-refractivity contribution is 7.12. The molecule has 0 unspecified atom stereocenters. The molecule has 0 aliphatic carbocycles. The lowest BCUT2D eigenvalue weighted by molar-refractivity contribution is 0.590. The molecule has 1 aromatic rings. The van der Waals surface area contributed by atoms with Crippen LogP contribution in [0.3, 0.4) is 0 Å². The van der Waals surface area contributed by atoms with Gasteiger partial charge in [0, 0.05) is 9.75 Å². The average Bonchev–Trinajstić information content (AvgIpc) is 2.68. The van der Waals surface area contributed by atoms with Crippen LogP contribution in [0.1, 0.15) is 88.5 Å². The molecule has 0 atom stereocenters. The standard InChI is InChI=1S/C17H30S/c1-7-8-9-10-11-14-12-15(13(2)3)18-16(14)17(4,5)6/h12-13H,7-11H2,1-6H3. The van der Waals surface area contributed by atoms with E-state index in [0.717, 1.165) is 0 Å². The van der Waals surface area contributed by atoms with Gasteiger partial charge in [-0.25, -0.2) is 0 Å². The zero-order chi connectivity index (χ0) is 13.8. The minimum atomic E-state index is 0.303. The maximum atomic E-state index is 2.47. The van der Waals surface area contributed by atoms with Crippen LogP contribution in [-0.4, -0.2) is 0 Å². The largest absolute Gasteiger partial charge is 0.144 e. The monoisotopic (exact) mass is 266 g/mol. The summed E-state index contributed by atoms with van der Waals surface area (Å²) in [6.45, 7) is 13.9. The number of aryl methyl sites for hydroxylation is 1. The molecule has 0 saturated heterocycles. The molecule has 1 heteroatoms. The van der Waals surface area contributed by atoms with Gasteiger partial charge in [-0.05, 0) is 35.8 Å². The predicted molar refractivity (Wildman–Crippen MR) is 85.0 cm³/mol. The van der Waals surface area contributed by atoms with Crippen molar-refractivity contribution in [2.24, 2.45) is 0 Å². The first-order valence-electron chi connectivity index (χ1n) is 7.49. The van der Waals surface area contributed by atoms with E-state index < -0.39 is 0 Å². The lowest BCUT2D eigenvalue weighted by Gasteiger charge is -2.19. The van der Waals surface area contributed by atoms with E-state index in [1.54, 1.807) is 15.3 Å². The maximum Gasteiger partial charge on any atom is 0.0134 e. The first kappa shape index (κ1) is 15.8. The Balaban J connectivity index is 2.80. The molecule has 0 spiro atoms. The van der Waals surface area contributed by atoms with Crippen LogP contribution in [0.15, 0.2) is 6.07 Å². The third-order valence-corrected chi connectivity index (χ3v) is 5.28. The number of hydrogen-bond donors (Lipinski definition) is 0. The van der Waals surface area contributed by atoms with Gasteiger partial charge in [-0.2, -0.15) is 0 Å². The maximum absolute atomic E-state index is 2.47. The van der Waals surface area contributed by atoms with Crippen molar-refractivity contribution in [1.29, 1.82) is 0 Å². The first-order valence-corrected chi connectivity index (χ1v) is 8.31. The van der Waals surface area contributed by atoms with Crippen molar-refractivity contribution in [3.05, 3.63) is 21.4 Å². The summed E-state index contributed by atoms with van der Waals surface area (Å²) in [4.78, 5) is 3.17. The summed E-state index contributed by atoms with van der Waals surface area (Å²) in [6, 6.07) is 2.47. The van der Waals surface area contributed by atoms with Crippen molar-refractivity contribution in [2.45, 2.75) is 85.0 Å². The van der Waals surface area contributed by atoms with Crippen LogP contribution in [0.4, 0.5) is 0 Å². The summed E-state index contributed by atoms with van der Waals surface area (Å²) in [7, 11) is 0. The van der Waals surface area contributed by atoms with Gasteiger partial charge >= 0.3 is 0 Å². The Kier molecular flexibility index (Phi) is 5.91. The second-order valence-electron chi connectivity index (χ2n) is 6.72. The lowest BCUT2D eigenvalue weighted by Crippen LogP contribution is -2.11. The third kappa shape index (κ3) is 4.42. The lowest BCUT2D eigenvalue weighted by atomic mass is 9.90. The highest BCUT2D eigenvalue weighted by Gasteiger charge is 2.21. The number of hydrogen-bond acceptors (Lipinski definition) is 1. The molecular weight excluding hydrogens is 236 g/mol. The van der Waals surface area contributed by atoms with Crippen LogP contribution in [0, 0.1) is 0 Å². The van der Waals surface area contributed by atoms with Crippen molar-refractivity contribution in [2.75, 3.05) is 0 Å². The number of unbranched alkanes of at least 4 members (excludes halogenated alkanes) is 3. The third-order valence-electron chi connectivity index (χ3n) is 3.38. The Morgan fingerprint density at radius 3 is 2.28 bits per heavy atom. The molecule has 0 saturated carbocycles. The van der Waals surface area contributed by atoms with E-state index >= 15 is 0 Å². The summed E-state index contributed by atoms with van der Waals surface area (Å²) < 4.78 is 0. The first-order chi connectivity index (χ1) is 8.36. The fourth-order valence-electron chi connectivity index (χ4n) is 2.30. The molecule has 18 heavy (non-hydrogen) atoms. The van der Waals surface area contributed by atoms with Gasteiger partial charge in [0.1, 0.15) is 0 Å². The van der Waals surface area contributed by atoms with Gasteiger partial charge in [-0.15, -0.1) is 11.3 Å². The van der Waals surface area contributed by atoms with E-state index in [1.807, 2.05) is 11.3 Å². The van der Waals surface area contributed by atoms with Crippen LogP contribution in [0.2, 0.25) is 0 Å². The quantitative estimate of drug-likeness (QED) is 0.531. The van der Waals surface area contributed by atoms with E-state index in [1.165, 1.54) is 32.1 Å². The van der Waals surface area contributed by atoms with Gasteiger partial charge in [-0.3, -0.25) is 0 Å². The molecule has 0 amide bonds. The van der Waals surface area contributed by atoms with Crippen LogP contribution >= 0.6 is 11.3 Å². The van der Waals surface area contributed by atoms with E-state index in [4.69, 9.17) is 0 Å². The minimum Gasteiger partial charge on any atom is -0.144 e. The highest BCUT2D eigenvalue weighted by Crippen LogP contribution is 2.37. The van der Waals surface area contributed by atoms with Gasteiger partial charge in [0.05, 0.1) is 0 Å². The van der Waals surface area contributed by atoms with E-state index in [9.17, 15) is 0 Å². The predicted octanol–water partition coefficient (Wildman–Crippen LogP) is 6.29. The summed E-state index contributed by atoms with van der Waals surface area (Å²) in [5, 5.41) is 0.